The molecular formula is C10H10BrFOS. The van der Waals surface area contributed by atoms with E-state index in [1.807, 2.05) is 6.26 Å². The molecule has 0 N–H and O–H groups in total. The molecule has 0 aromatic heterocycles. The smallest absolute Gasteiger partial charge is 0.166 e. The molecule has 76 valence electrons. The average Bonchev–Trinajstić information content (AvgIpc) is 2.14. The highest BCUT2D eigenvalue weighted by Gasteiger charge is 2.10. The van der Waals surface area contributed by atoms with Crippen molar-refractivity contribution in [3.8, 4) is 0 Å². The second-order valence-electron chi connectivity index (χ2n) is 2.79. The lowest BCUT2D eigenvalue weighted by Gasteiger charge is -2.01. The molecule has 1 aromatic carbocycles. The van der Waals surface area contributed by atoms with Crippen LogP contribution < -0.4 is 0 Å². The Balaban J connectivity index is 2.80. The maximum absolute atomic E-state index is 13.3. The third-order valence-corrected chi connectivity index (χ3v) is 2.87. The van der Waals surface area contributed by atoms with Gasteiger partial charge in [-0.3, -0.25) is 4.79 Å². The summed E-state index contributed by atoms with van der Waals surface area (Å²) in [6.07, 6.45) is 2.31. The Labute approximate surface area is 95.2 Å². The maximum Gasteiger partial charge on any atom is 0.166 e. The molecule has 1 nitrogen and oxygen atoms in total. The van der Waals surface area contributed by atoms with Crippen LogP contribution in [0.5, 0.6) is 0 Å². The minimum atomic E-state index is -0.453. The highest BCUT2D eigenvalue weighted by molar-refractivity contribution is 9.10. The van der Waals surface area contributed by atoms with Crippen LogP contribution in [0.1, 0.15) is 16.8 Å². The van der Waals surface area contributed by atoms with Crippen LogP contribution in [0.3, 0.4) is 0 Å². The highest BCUT2D eigenvalue weighted by atomic mass is 79.9. The molecule has 0 heterocycles. The number of halogens is 2. The van der Waals surface area contributed by atoms with Crippen molar-refractivity contribution >= 4 is 33.5 Å². The third-order valence-electron chi connectivity index (χ3n) is 1.76. The fourth-order valence-electron chi connectivity index (χ4n) is 1.05. The number of benzene rings is 1. The molecule has 0 radical (unpaired) electrons. The van der Waals surface area contributed by atoms with Crippen molar-refractivity contribution in [2.24, 2.45) is 0 Å². The van der Waals surface area contributed by atoms with E-state index in [2.05, 4.69) is 15.9 Å². The van der Waals surface area contributed by atoms with Gasteiger partial charge in [0.15, 0.2) is 5.78 Å². The zero-order valence-corrected chi connectivity index (χ0v) is 10.1. The summed E-state index contributed by atoms with van der Waals surface area (Å²) in [4.78, 5) is 11.5. The molecule has 1 aromatic rings. The molecule has 0 aliphatic carbocycles. The fraction of sp³-hybridized carbons (Fsp3) is 0.300. The standard InChI is InChI=1S/C10H10BrFOS/c1-14-5-4-10(13)8-3-2-7(11)6-9(8)12/h2-3,6H,4-5H2,1H3. The summed E-state index contributed by atoms with van der Waals surface area (Å²) >= 11 is 4.72. The Morgan fingerprint density at radius 2 is 2.29 bits per heavy atom. The molecule has 4 heteroatoms. The van der Waals surface area contributed by atoms with Gasteiger partial charge in [0.05, 0.1) is 5.56 Å². The molecule has 0 bridgehead atoms. The predicted molar refractivity (Wildman–Crippen MR) is 61.4 cm³/mol. The summed E-state index contributed by atoms with van der Waals surface area (Å²) < 4.78 is 13.9. The van der Waals surface area contributed by atoms with Gasteiger partial charge < -0.3 is 0 Å². The summed E-state index contributed by atoms with van der Waals surface area (Å²) in [5.41, 5.74) is 0.183. The van der Waals surface area contributed by atoms with Gasteiger partial charge in [-0.15, -0.1) is 0 Å². The molecule has 0 saturated carbocycles. The van der Waals surface area contributed by atoms with E-state index in [9.17, 15) is 9.18 Å². The van der Waals surface area contributed by atoms with Crippen LogP contribution in [0.2, 0.25) is 0 Å². The molecule has 0 aliphatic heterocycles. The molecule has 14 heavy (non-hydrogen) atoms. The number of rotatable bonds is 4. The van der Waals surface area contributed by atoms with E-state index in [0.29, 0.717) is 10.9 Å². The normalized spacial score (nSPS) is 10.2. The average molecular weight is 277 g/mol. The number of thioether (sulfide) groups is 1. The molecule has 0 unspecified atom stereocenters. The second-order valence-corrected chi connectivity index (χ2v) is 4.69. The zero-order valence-electron chi connectivity index (χ0n) is 7.72. The maximum atomic E-state index is 13.3. The van der Waals surface area contributed by atoms with Crippen molar-refractivity contribution < 1.29 is 9.18 Å². The van der Waals surface area contributed by atoms with E-state index in [0.717, 1.165) is 5.75 Å². The lowest BCUT2D eigenvalue weighted by Crippen LogP contribution is -2.03. The van der Waals surface area contributed by atoms with Crippen LogP contribution in [0.15, 0.2) is 22.7 Å². The van der Waals surface area contributed by atoms with Crippen LogP contribution in [0.25, 0.3) is 0 Å². The molecule has 0 atom stereocenters. The number of hydrogen-bond acceptors (Lipinski definition) is 2. The first-order valence-corrected chi connectivity index (χ1v) is 6.31. The molecule has 0 amide bonds. The van der Waals surface area contributed by atoms with Crippen LogP contribution in [0, 0.1) is 5.82 Å². The van der Waals surface area contributed by atoms with Gasteiger partial charge in [-0.1, -0.05) is 15.9 Å². The van der Waals surface area contributed by atoms with Crippen molar-refractivity contribution in [1.29, 1.82) is 0 Å². The van der Waals surface area contributed by atoms with Crippen molar-refractivity contribution in [3.63, 3.8) is 0 Å². The molecule has 0 saturated heterocycles. The van der Waals surface area contributed by atoms with Crippen LogP contribution in [0.4, 0.5) is 4.39 Å². The number of ketones is 1. The van der Waals surface area contributed by atoms with E-state index in [1.54, 1.807) is 17.8 Å². The Morgan fingerprint density at radius 3 is 2.86 bits per heavy atom. The minimum absolute atomic E-state index is 0.135. The summed E-state index contributed by atoms with van der Waals surface area (Å²) in [6, 6.07) is 4.50. The van der Waals surface area contributed by atoms with E-state index in [4.69, 9.17) is 0 Å². The number of carbonyl (C=O) groups excluding carboxylic acids is 1. The molecule has 1 rings (SSSR count). The third kappa shape index (κ3) is 3.10. The molecule has 0 spiro atoms. The summed E-state index contributed by atoms with van der Waals surface area (Å²) in [7, 11) is 0. The first kappa shape index (κ1) is 11.7. The van der Waals surface area contributed by atoms with Crippen LogP contribution in [-0.2, 0) is 0 Å². The van der Waals surface area contributed by atoms with E-state index in [1.165, 1.54) is 12.1 Å². The number of carbonyl (C=O) groups is 1. The first-order valence-electron chi connectivity index (χ1n) is 4.12. The Hall–Kier alpha value is -0.350. The number of Topliss-reactive ketones (excluding diaryl/α,β-unsaturated/α-hetero) is 1. The van der Waals surface area contributed by atoms with Crippen molar-refractivity contribution in [2.75, 3.05) is 12.0 Å². The van der Waals surface area contributed by atoms with Gasteiger partial charge in [0, 0.05) is 16.6 Å². The Morgan fingerprint density at radius 1 is 1.57 bits per heavy atom. The van der Waals surface area contributed by atoms with E-state index >= 15 is 0 Å². The quantitative estimate of drug-likeness (QED) is 0.783. The summed E-state index contributed by atoms with van der Waals surface area (Å²) in [6.45, 7) is 0. The van der Waals surface area contributed by atoms with Crippen molar-refractivity contribution in [1.82, 2.24) is 0 Å². The van der Waals surface area contributed by atoms with Crippen molar-refractivity contribution in [3.05, 3.63) is 34.1 Å². The van der Waals surface area contributed by atoms with Gasteiger partial charge in [-0.25, -0.2) is 4.39 Å². The summed E-state index contributed by atoms with van der Waals surface area (Å²) in [5.74, 6) is 0.142. The monoisotopic (exact) mass is 276 g/mol. The SMILES string of the molecule is CSCCC(=O)c1ccc(Br)cc1F. The van der Waals surface area contributed by atoms with Crippen LogP contribution >= 0.6 is 27.7 Å². The second kappa shape index (κ2) is 5.51. The molecular weight excluding hydrogens is 267 g/mol. The van der Waals surface area contributed by atoms with Gasteiger partial charge in [0.1, 0.15) is 5.82 Å². The Bertz CT molecular complexity index is 341. The summed E-state index contributed by atoms with van der Waals surface area (Å²) in [5, 5.41) is 0. The lowest BCUT2D eigenvalue weighted by atomic mass is 10.1. The lowest BCUT2D eigenvalue weighted by molar-refractivity contribution is 0.0985. The van der Waals surface area contributed by atoms with Gasteiger partial charge in [0.2, 0.25) is 0 Å². The van der Waals surface area contributed by atoms with Crippen molar-refractivity contribution in [2.45, 2.75) is 6.42 Å². The van der Waals surface area contributed by atoms with E-state index < -0.39 is 5.82 Å². The predicted octanol–water partition coefficient (Wildman–Crippen LogP) is 3.52. The van der Waals surface area contributed by atoms with Gasteiger partial charge in [-0.2, -0.15) is 11.8 Å². The van der Waals surface area contributed by atoms with Gasteiger partial charge >= 0.3 is 0 Å². The largest absolute Gasteiger partial charge is 0.294 e. The van der Waals surface area contributed by atoms with Gasteiger partial charge in [0.25, 0.3) is 0 Å². The Kier molecular flexibility index (Phi) is 4.62. The molecule has 0 aliphatic rings. The minimum Gasteiger partial charge on any atom is -0.294 e. The number of hydrogen-bond donors (Lipinski definition) is 0. The topological polar surface area (TPSA) is 17.1 Å². The van der Waals surface area contributed by atoms with Crippen LogP contribution in [-0.4, -0.2) is 17.8 Å². The highest BCUT2D eigenvalue weighted by Crippen LogP contribution is 2.17. The molecule has 0 fully saturated rings. The first-order chi connectivity index (χ1) is 6.65. The van der Waals surface area contributed by atoms with E-state index in [-0.39, 0.29) is 11.3 Å². The van der Waals surface area contributed by atoms with Gasteiger partial charge in [-0.05, 0) is 24.5 Å². The zero-order chi connectivity index (χ0) is 10.6. The fourth-order valence-corrected chi connectivity index (χ4v) is 1.77.